The highest BCUT2D eigenvalue weighted by atomic mass is 16.1. The van der Waals surface area contributed by atoms with Crippen LogP contribution in [0.1, 0.15) is 32.6 Å². The zero-order valence-corrected chi connectivity index (χ0v) is 8.12. The summed E-state index contributed by atoms with van der Waals surface area (Å²) < 4.78 is 0. The molecule has 0 heterocycles. The van der Waals surface area contributed by atoms with Crippen LogP contribution in [-0.2, 0) is 4.79 Å². The summed E-state index contributed by atoms with van der Waals surface area (Å²) in [5.74, 6) is 0.894. The first-order chi connectivity index (χ1) is 5.74. The number of hydrogen-bond donors (Lipinski definition) is 0. The van der Waals surface area contributed by atoms with Crippen LogP contribution < -0.4 is 0 Å². The van der Waals surface area contributed by atoms with Gasteiger partial charge >= 0.3 is 0 Å². The summed E-state index contributed by atoms with van der Waals surface area (Å²) in [5.41, 5.74) is 0. The molecule has 1 aliphatic rings. The summed E-state index contributed by atoms with van der Waals surface area (Å²) in [6.45, 7) is 2.91. The molecule has 12 heavy (non-hydrogen) atoms. The predicted octanol–water partition coefficient (Wildman–Crippen LogP) is 1.70. The SMILES string of the molecule is CC1CCC(N(C)CC=O)CC1. The van der Waals surface area contributed by atoms with Gasteiger partial charge in [0.25, 0.3) is 0 Å². The second-order valence-electron chi connectivity index (χ2n) is 4.02. The van der Waals surface area contributed by atoms with Crippen LogP contribution in [0.15, 0.2) is 0 Å². The van der Waals surface area contributed by atoms with E-state index in [1.807, 2.05) is 0 Å². The van der Waals surface area contributed by atoms with E-state index in [1.165, 1.54) is 25.7 Å². The van der Waals surface area contributed by atoms with Gasteiger partial charge in [-0.1, -0.05) is 6.92 Å². The Morgan fingerprint density at radius 3 is 2.42 bits per heavy atom. The van der Waals surface area contributed by atoms with E-state index >= 15 is 0 Å². The van der Waals surface area contributed by atoms with Gasteiger partial charge in [0, 0.05) is 6.04 Å². The Bertz CT molecular complexity index is 139. The van der Waals surface area contributed by atoms with Gasteiger partial charge < -0.3 is 4.79 Å². The van der Waals surface area contributed by atoms with E-state index in [2.05, 4.69) is 18.9 Å². The highest BCUT2D eigenvalue weighted by molar-refractivity contribution is 5.51. The summed E-state index contributed by atoms with van der Waals surface area (Å²) in [6, 6.07) is 0.659. The molecule has 2 heteroatoms. The lowest BCUT2D eigenvalue weighted by molar-refractivity contribution is -0.109. The quantitative estimate of drug-likeness (QED) is 0.599. The van der Waals surface area contributed by atoms with E-state index in [0.717, 1.165) is 12.2 Å². The predicted molar refractivity (Wildman–Crippen MR) is 50.1 cm³/mol. The molecule has 0 aromatic heterocycles. The molecule has 0 saturated heterocycles. The van der Waals surface area contributed by atoms with E-state index in [9.17, 15) is 4.79 Å². The Morgan fingerprint density at radius 2 is 1.92 bits per heavy atom. The Hall–Kier alpha value is -0.370. The maximum Gasteiger partial charge on any atom is 0.133 e. The molecular weight excluding hydrogens is 150 g/mol. The van der Waals surface area contributed by atoms with Gasteiger partial charge in [0.05, 0.1) is 6.54 Å². The molecule has 1 fully saturated rings. The molecule has 2 nitrogen and oxygen atoms in total. The fourth-order valence-electron chi connectivity index (χ4n) is 1.95. The molecule has 0 atom stereocenters. The fourth-order valence-corrected chi connectivity index (χ4v) is 1.95. The highest BCUT2D eigenvalue weighted by Crippen LogP contribution is 2.25. The Morgan fingerprint density at radius 1 is 1.33 bits per heavy atom. The van der Waals surface area contributed by atoms with Crippen LogP contribution in [0.5, 0.6) is 0 Å². The Balaban J connectivity index is 2.28. The number of hydrogen-bond acceptors (Lipinski definition) is 2. The molecule has 70 valence electrons. The average molecular weight is 169 g/mol. The van der Waals surface area contributed by atoms with Gasteiger partial charge in [-0.05, 0) is 38.6 Å². The topological polar surface area (TPSA) is 20.3 Å². The number of rotatable bonds is 3. The van der Waals surface area contributed by atoms with Crippen molar-refractivity contribution in [1.29, 1.82) is 0 Å². The van der Waals surface area contributed by atoms with Crippen LogP contribution in [0.2, 0.25) is 0 Å². The first kappa shape index (κ1) is 9.72. The maximum atomic E-state index is 10.3. The monoisotopic (exact) mass is 169 g/mol. The number of nitrogens with zero attached hydrogens (tertiary/aromatic N) is 1. The molecule has 0 N–H and O–H groups in total. The number of likely N-dealkylation sites (N-methyl/N-ethyl adjacent to an activating group) is 1. The van der Waals surface area contributed by atoms with Gasteiger partial charge in [-0.3, -0.25) is 4.90 Å². The average Bonchev–Trinajstić information content (AvgIpc) is 2.06. The summed E-state index contributed by atoms with van der Waals surface area (Å²) in [7, 11) is 2.05. The van der Waals surface area contributed by atoms with Crippen LogP contribution >= 0.6 is 0 Å². The van der Waals surface area contributed by atoms with Crippen molar-refractivity contribution in [2.75, 3.05) is 13.6 Å². The second-order valence-corrected chi connectivity index (χ2v) is 4.02. The zero-order chi connectivity index (χ0) is 8.97. The van der Waals surface area contributed by atoms with Crippen molar-refractivity contribution in [2.24, 2.45) is 5.92 Å². The number of aldehydes is 1. The van der Waals surface area contributed by atoms with Gasteiger partial charge in [-0.15, -0.1) is 0 Å². The van der Waals surface area contributed by atoms with Crippen molar-refractivity contribution in [1.82, 2.24) is 4.90 Å². The van der Waals surface area contributed by atoms with Crippen LogP contribution in [0.25, 0.3) is 0 Å². The van der Waals surface area contributed by atoms with Crippen molar-refractivity contribution in [3.8, 4) is 0 Å². The Kier molecular flexibility index (Phi) is 3.73. The van der Waals surface area contributed by atoms with Gasteiger partial charge in [0.15, 0.2) is 0 Å². The third-order valence-electron chi connectivity index (χ3n) is 2.97. The first-order valence-electron chi connectivity index (χ1n) is 4.88. The van der Waals surface area contributed by atoms with Gasteiger partial charge in [-0.25, -0.2) is 0 Å². The van der Waals surface area contributed by atoms with Crippen LogP contribution in [-0.4, -0.2) is 30.8 Å². The molecule has 0 amide bonds. The molecule has 0 aromatic carbocycles. The molecule has 0 aromatic rings. The van der Waals surface area contributed by atoms with Crippen molar-refractivity contribution in [3.63, 3.8) is 0 Å². The van der Waals surface area contributed by atoms with E-state index in [1.54, 1.807) is 0 Å². The van der Waals surface area contributed by atoms with Crippen molar-refractivity contribution in [2.45, 2.75) is 38.6 Å². The normalized spacial score (nSPS) is 30.6. The van der Waals surface area contributed by atoms with E-state index in [-0.39, 0.29) is 0 Å². The summed E-state index contributed by atoms with van der Waals surface area (Å²) in [4.78, 5) is 12.5. The summed E-state index contributed by atoms with van der Waals surface area (Å²) in [5, 5.41) is 0. The van der Waals surface area contributed by atoms with E-state index < -0.39 is 0 Å². The Labute approximate surface area is 74.9 Å². The molecule has 0 radical (unpaired) electrons. The smallest absolute Gasteiger partial charge is 0.133 e. The van der Waals surface area contributed by atoms with Gasteiger partial charge in [-0.2, -0.15) is 0 Å². The van der Waals surface area contributed by atoms with Gasteiger partial charge in [0.1, 0.15) is 6.29 Å². The van der Waals surface area contributed by atoms with Crippen LogP contribution in [0, 0.1) is 5.92 Å². The zero-order valence-electron chi connectivity index (χ0n) is 8.12. The molecule has 1 saturated carbocycles. The fraction of sp³-hybridized carbons (Fsp3) is 0.900. The summed E-state index contributed by atoms with van der Waals surface area (Å²) in [6.07, 6.45) is 6.19. The van der Waals surface area contributed by atoms with Crippen molar-refractivity contribution in [3.05, 3.63) is 0 Å². The number of carbonyl (C=O) groups excluding carboxylic acids is 1. The minimum atomic E-state index is 0.596. The summed E-state index contributed by atoms with van der Waals surface area (Å²) >= 11 is 0. The second kappa shape index (κ2) is 4.61. The molecule has 0 aliphatic heterocycles. The van der Waals surface area contributed by atoms with Crippen LogP contribution in [0.3, 0.4) is 0 Å². The molecular formula is C10H19NO. The molecule has 1 rings (SSSR count). The highest BCUT2D eigenvalue weighted by Gasteiger charge is 2.20. The van der Waals surface area contributed by atoms with E-state index in [0.29, 0.717) is 12.6 Å². The third-order valence-corrected chi connectivity index (χ3v) is 2.97. The maximum absolute atomic E-state index is 10.3. The third kappa shape index (κ3) is 2.59. The minimum Gasteiger partial charge on any atom is -0.302 e. The minimum absolute atomic E-state index is 0.596. The molecule has 0 unspecified atom stereocenters. The van der Waals surface area contributed by atoms with Crippen LogP contribution in [0.4, 0.5) is 0 Å². The molecule has 0 bridgehead atoms. The van der Waals surface area contributed by atoms with Gasteiger partial charge in [0.2, 0.25) is 0 Å². The standard InChI is InChI=1S/C10H19NO/c1-9-3-5-10(6-4-9)11(2)7-8-12/h8-10H,3-7H2,1-2H3. The largest absolute Gasteiger partial charge is 0.302 e. The lowest BCUT2D eigenvalue weighted by Crippen LogP contribution is -2.35. The lowest BCUT2D eigenvalue weighted by atomic mass is 9.87. The van der Waals surface area contributed by atoms with E-state index in [4.69, 9.17) is 0 Å². The first-order valence-corrected chi connectivity index (χ1v) is 4.88. The number of carbonyl (C=O) groups is 1. The molecule has 1 aliphatic carbocycles. The lowest BCUT2D eigenvalue weighted by Gasteiger charge is -2.32. The van der Waals surface area contributed by atoms with Crippen molar-refractivity contribution < 1.29 is 4.79 Å². The molecule has 0 spiro atoms. The van der Waals surface area contributed by atoms with Crippen molar-refractivity contribution >= 4 is 6.29 Å².